The van der Waals surface area contributed by atoms with Crippen LogP contribution in [0.1, 0.15) is 17.7 Å². The lowest BCUT2D eigenvalue weighted by Gasteiger charge is -2.16. The van der Waals surface area contributed by atoms with E-state index in [1.165, 1.54) is 17.3 Å². The minimum Gasteiger partial charge on any atom is -0.467 e. The fraction of sp³-hybridized carbons (Fsp3) is 0.280. The first-order valence-electron chi connectivity index (χ1n) is 11.3. The van der Waals surface area contributed by atoms with Gasteiger partial charge in [-0.2, -0.15) is 0 Å². The van der Waals surface area contributed by atoms with Gasteiger partial charge in [-0.15, -0.1) is 10.2 Å². The zero-order valence-corrected chi connectivity index (χ0v) is 19.5. The maximum atomic E-state index is 12.7. The van der Waals surface area contributed by atoms with E-state index in [9.17, 15) is 4.79 Å². The molecule has 1 saturated heterocycles. The van der Waals surface area contributed by atoms with Crippen LogP contribution >= 0.6 is 11.8 Å². The molecule has 0 bridgehead atoms. The van der Waals surface area contributed by atoms with Crippen molar-refractivity contribution in [1.29, 1.82) is 0 Å². The van der Waals surface area contributed by atoms with E-state index in [1.807, 2.05) is 34.9 Å². The Bertz CT molecular complexity index is 1200. The molecule has 0 spiro atoms. The van der Waals surface area contributed by atoms with Gasteiger partial charge in [-0.1, -0.05) is 42.1 Å². The molecule has 1 N–H and O–H groups in total. The Hall–Kier alpha value is -3.43. The third-order valence-electron chi connectivity index (χ3n) is 5.75. The summed E-state index contributed by atoms with van der Waals surface area (Å²) in [5.74, 6) is 1.77. The molecule has 34 heavy (non-hydrogen) atoms. The largest absolute Gasteiger partial charge is 0.467 e. The van der Waals surface area contributed by atoms with Crippen molar-refractivity contribution < 1.29 is 9.21 Å². The predicted molar refractivity (Wildman–Crippen MR) is 130 cm³/mol. The average molecular weight is 475 g/mol. The summed E-state index contributed by atoms with van der Waals surface area (Å²) < 4.78 is 7.50. The normalized spacial score (nSPS) is 16.1. The molecule has 1 aliphatic rings. The molecule has 1 unspecified atom stereocenters. The van der Waals surface area contributed by atoms with Gasteiger partial charge in [-0.3, -0.25) is 19.2 Å². The zero-order chi connectivity index (χ0) is 23.2. The molecule has 4 aromatic rings. The van der Waals surface area contributed by atoms with Crippen LogP contribution in [0.2, 0.25) is 0 Å². The third-order valence-corrected chi connectivity index (χ3v) is 6.72. The number of pyridine rings is 1. The van der Waals surface area contributed by atoms with Gasteiger partial charge in [0.25, 0.3) is 0 Å². The Kier molecular flexibility index (Phi) is 7.02. The molecule has 4 heterocycles. The summed E-state index contributed by atoms with van der Waals surface area (Å²) in [4.78, 5) is 19.3. The lowest BCUT2D eigenvalue weighted by Crippen LogP contribution is -2.38. The lowest BCUT2D eigenvalue weighted by atomic mass is 10.2. The third kappa shape index (κ3) is 5.55. The minimum absolute atomic E-state index is 0.00652. The van der Waals surface area contributed by atoms with E-state index >= 15 is 0 Å². The highest BCUT2D eigenvalue weighted by molar-refractivity contribution is 7.99. The van der Waals surface area contributed by atoms with Crippen molar-refractivity contribution in [2.45, 2.75) is 30.7 Å². The Labute approximate surface area is 202 Å². The van der Waals surface area contributed by atoms with Gasteiger partial charge in [-0.05, 0) is 36.2 Å². The van der Waals surface area contributed by atoms with Crippen molar-refractivity contribution in [3.8, 4) is 11.4 Å². The van der Waals surface area contributed by atoms with Gasteiger partial charge in [-0.25, -0.2) is 0 Å². The number of aromatic nitrogens is 4. The van der Waals surface area contributed by atoms with Crippen molar-refractivity contribution in [3.05, 3.63) is 84.6 Å². The van der Waals surface area contributed by atoms with Gasteiger partial charge < -0.3 is 9.73 Å². The number of rotatable bonds is 9. The molecule has 1 aromatic carbocycles. The number of hydrogen-bond acceptors (Lipinski definition) is 7. The molecule has 0 saturated carbocycles. The van der Waals surface area contributed by atoms with Gasteiger partial charge in [0.2, 0.25) is 5.91 Å². The number of likely N-dealkylation sites (tertiary alicyclic amines) is 1. The van der Waals surface area contributed by atoms with Crippen molar-refractivity contribution >= 4 is 17.7 Å². The molecular formula is C25H26N6O2S. The summed E-state index contributed by atoms with van der Waals surface area (Å²) in [6.07, 6.45) is 6.08. The van der Waals surface area contributed by atoms with Crippen LogP contribution in [0.5, 0.6) is 0 Å². The number of hydrogen-bond donors (Lipinski definition) is 1. The van der Waals surface area contributed by atoms with Gasteiger partial charge in [0.15, 0.2) is 11.0 Å². The number of nitrogens with one attached hydrogen (secondary N) is 1. The molecule has 174 valence electrons. The van der Waals surface area contributed by atoms with Gasteiger partial charge in [0.1, 0.15) is 5.76 Å². The summed E-state index contributed by atoms with van der Waals surface area (Å²) >= 11 is 1.38. The molecule has 1 aliphatic heterocycles. The van der Waals surface area contributed by atoms with Crippen LogP contribution in [0.4, 0.5) is 0 Å². The van der Waals surface area contributed by atoms with Crippen LogP contribution in [0.15, 0.2) is 82.8 Å². The number of amides is 1. The molecule has 1 fully saturated rings. The maximum absolute atomic E-state index is 12.7. The Morgan fingerprint density at radius 3 is 2.79 bits per heavy atom. The monoisotopic (exact) mass is 474 g/mol. The van der Waals surface area contributed by atoms with E-state index in [2.05, 4.69) is 49.7 Å². The van der Waals surface area contributed by atoms with E-state index in [0.717, 1.165) is 37.4 Å². The first-order valence-corrected chi connectivity index (χ1v) is 12.3. The maximum Gasteiger partial charge on any atom is 0.230 e. The summed E-state index contributed by atoms with van der Waals surface area (Å²) in [7, 11) is 0. The summed E-state index contributed by atoms with van der Waals surface area (Å²) in [5.41, 5.74) is 2.16. The van der Waals surface area contributed by atoms with Crippen LogP contribution in [-0.4, -0.2) is 55.4 Å². The van der Waals surface area contributed by atoms with Crippen molar-refractivity contribution in [2.24, 2.45) is 0 Å². The van der Waals surface area contributed by atoms with E-state index in [4.69, 9.17) is 4.42 Å². The number of benzene rings is 1. The molecule has 0 radical (unpaired) electrons. The summed E-state index contributed by atoms with van der Waals surface area (Å²) in [6, 6.07) is 18.2. The fourth-order valence-electron chi connectivity index (χ4n) is 4.14. The molecular weight excluding hydrogens is 448 g/mol. The molecule has 9 heteroatoms. The molecule has 8 nitrogen and oxygen atoms in total. The molecule has 0 aliphatic carbocycles. The second-order valence-electron chi connectivity index (χ2n) is 8.28. The summed E-state index contributed by atoms with van der Waals surface area (Å²) in [5, 5.41) is 12.6. The van der Waals surface area contributed by atoms with Crippen LogP contribution < -0.4 is 5.32 Å². The lowest BCUT2D eigenvalue weighted by molar-refractivity contribution is -0.119. The predicted octanol–water partition coefficient (Wildman–Crippen LogP) is 3.46. The number of furan rings is 1. The highest BCUT2D eigenvalue weighted by atomic mass is 32.2. The number of nitrogens with zero attached hydrogens (tertiary/aromatic N) is 5. The number of thioether (sulfide) groups is 1. The SMILES string of the molecule is O=C(CSc1nnc(-c2cccnc2)n1Cc1ccco1)NC1CCN(Cc2ccccc2)C1. The molecule has 3 aromatic heterocycles. The number of carbonyl (C=O) groups excluding carboxylic acids is 1. The molecule has 1 atom stereocenters. The number of carbonyl (C=O) groups is 1. The van der Waals surface area contributed by atoms with E-state index < -0.39 is 0 Å². The molecule has 5 rings (SSSR count). The standard InChI is InChI=1S/C25H26N6O2S/c32-23(27-21-10-12-30(16-21)15-19-6-2-1-3-7-19)18-34-25-29-28-24(20-8-4-11-26-14-20)31(25)17-22-9-5-13-33-22/h1-9,11,13-14,21H,10,12,15-18H2,(H,27,32). The highest BCUT2D eigenvalue weighted by Gasteiger charge is 2.24. The Morgan fingerprint density at radius 1 is 1.09 bits per heavy atom. The zero-order valence-electron chi connectivity index (χ0n) is 18.7. The molecule has 1 amide bonds. The summed E-state index contributed by atoms with van der Waals surface area (Å²) in [6.45, 7) is 3.24. The van der Waals surface area contributed by atoms with Crippen LogP contribution in [0.25, 0.3) is 11.4 Å². The second kappa shape index (κ2) is 10.7. The van der Waals surface area contributed by atoms with Crippen molar-refractivity contribution in [1.82, 2.24) is 30.0 Å². The second-order valence-corrected chi connectivity index (χ2v) is 9.22. The first-order chi connectivity index (χ1) is 16.7. The van der Waals surface area contributed by atoms with E-state index in [-0.39, 0.29) is 17.7 Å². The fourth-order valence-corrected chi connectivity index (χ4v) is 4.89. The van der Waals surface area contributed by atoms with E-state index in [1.54, 1.807) is 18.7 Å². The van der Waals surface area contributed by atoms with E-state index in [0.29, 0.717) is 17.5 Å². The van der Waals surface area contributed by atoms with Crippen LogP contribution in [0, 0.1) is 0 Å². The first kappa shape index (κ1) is 22.4. The highest BCUT2D eigenvalue weighted by Crippen LogP contribution is 2.25. The van der Waals surface area contributed by atoms with Gasteiger partial charge in [0.05, 0.1) is 18.6 Å². The van der Waals surface area contributed by atoms with Crippen LogP contribution in [0.3, 0.4) is 0 Å². The smallest absolute Gasteiger partial charge is 0.230 e. The quantitative estimate of drug-likeness (QED) is 0.372. The van der Waals surface area contributed by atoms with Crippen molar-refractivity contribution in [2.75, 3.05) is 18.8 Å². The average Bonchev–Trinajstić information content (AvgIpc) is 3.62. The Balaban J connectivity index is 1.19. The van der Waals surface area contributed by atoms with Gasteiger partial charge in [0, 0.05) is 43.6 Å². The topological polar surface area (TPSA) is 89.1 Å². The van der Waals surface area contributed by atoms with Crippen molar-refractivity contribution in [3.63, 3.8) is 0 Å². The van der Waals surface area contributed by atoms with Gasteiger partial charge >= 0.3 is 0 Å². The Morgan fingerprint density at radius 2 is 2.00 bits per heavy atom. The minimum atomic E-state index is 0.00652. The van der Waals surface area contributed by atoms with Crippen LogP contribution in [-0.2, 0) is 17.9 Å².